The summed E-state index contributed by atoms with van der Waals surface area (Å²) < 4.78 is 65.7. The van der Waals surface area contributed by atoms with Gasteiger partial charge in [-0.3, -0.25) is 4.79 Å². The highest BCUT2D eigenvalue weighted by molar-refractivity contribution is 5.84. The van der Waals surface area contributed by atoms with Gasteiger partial charge in [-0.1, -0.05) is 12.1 Å². The molecule has 1 amide bonds. The van der Waals surface area contributed by atoms with Gasteiger partial charge in [0.15, 0.2) is 0 Å². The van der Waals surface area contributed by atoms with Gasteiger partial charge in [0.05, 0.1) is 12.2 Å². The lowest BCUT2D eigenvalue weighted by molar-refractivity contribution is -0.269. The number of rotatable bonds is 5. The number of amides is 1. The topological polar surface area (TPSA) is 64.3 Å². The fourth-order valence-corrected chi connectivity index (χ4v) is 1.18. The molecular formula is C11H11F5N2O2. The van der Waals surface area contributed by atoms with Crippen LogP contribution in [0.25, 0.3) is 0 Å². The molecule has 3 N–H and O–H groups in total. The zero-order valence-electron chi connectivity index (χ0n) is 10.0. The van der Waals surface area contributed by atoms with Crippen molar-refractivity contribution in [1.82, 2.24) is 5.32 Å². The van der Waals surface area contributed by atoms with Crippen molar-refractivity contribution in [3.8, 4) is 5.75 Å². The molecule has 1 aromatic rings. The zero-order chi connectivity index (χ0) is 15.4. The molecule has 1 rings (SSSR count). The number of ether oxygens (including phenoxy) is 1. The Kier molecular flexibility index (Phi) is 4.74. The molecule has 1 aromatic carbocycles. The minimum absolute atomic E-state index is 0.240. The van der Waals surface area contributed by atoms with Crippen molar-refractivity contribution in [3.63, 3.8) is 0 Å². The summed E-state index contributed by atoms with van der Waals surface area (Å²) in [5.41, 5.74) is 5.79. The maximum absolute atomic E-state index is 12.5. The van der Waals surface area contributed by atoms with E-state index < -0.39 is 24.6 Å². The van der Waals surface area contributed by atoms with E-state index in [0.717, 1.165) is 0 Å². The molecule has 0 spiro atoms. The van der Waals surface area contributed by atoms with E-state index in [1.165, 1.54) is 17.4 Å². The van der Waals surface area contributed by atoms with E-state index in [4.69, 9.17) is 10.5 Å². The van der Waals surface area contributed by atoms with Gasteiger partial charge >= 0.3 is 12.1 Å². The van der Waals surface area contributed by atoms with Gasteiger partial charge in [-0.2, -0.15) is 22.0 Å². The van der Waals surface area contributed by atoms with Crippen molar-refractivity contribution < 1.29 is 31.5 Å². The smallest absolute Gasteiger partial charge is 0.463 e. The van der Waals surface area contributed by atoms with Crippen LogP contribution in [0.2, 0.25) is 0 Å². The predicted octanol–water partition coefficient (Wildman–Crippen LogP) is 1.96. The number of nitrogens with two attached hydrogens (primary N) is 1. The predicted molar refractivity (Wildman–Crippen MR) is 60.4 cm³/mol. The third-order valence-corrected chi connectivity index (χ3v) is 2.21. The van der Waals surface area contributed by atoms with Crippen LogP contribution in [0.4, 0.5) is 27.6 Å². The van der Waals surface area contributed by atoms with Crippen LogP contribution in [0.15, 0.2) is 24.3 Å². The Balaban J connectivity index is 2.42. The van der Waals surface area contributed by atoms with Gasteiger partial charge in [0, 0.05) is 0 Å². The molecule has 0 aliphatic rings. The van der Waals surface area contributed by atoms with E-state index in [2.05, 4.69) is 0 Å². The van der Waals surface area contributed by atoms with Crippen molar-refractivity contribution >= 4 is 11.6 Å². The number of carbonyl (C=O) groups is 1. The van der Waals surface area contributed by atoms with Gasteiger partial charge in [-0.05, 0) is 12.1 Å². The maximum Gasteiger partial charge on any atom is 0.463 e. The lowest BCUT2D eigenvalue weighted by atomic mass is 10.3. The third kappa shape index (κ3) is 3.72. The fraction of sp³-hybridized carbons (Fsp3) is 0.364. The lowest BCUT2D eigenvalue weighted by Crippen LogP contribution is -2.51. The Hall–Kier alpha value is -2.06. The highest BCUT2D eigenvalue weighted by atomic mass is 19.4. The molecule has 0 atom stereocenters. The summed E-state index contributed by atoms with van der Waals surface area (Å²) in [6.07, 6.45) is -5.93. The van der Waals surface area contributed by atoms with Crippen LogP contribution in [-0.2, 0) is 4.79 Å². The number of para-hydroxylation sites is 2. The molecule has 0 aliphatic heterocycles. The number of hydrogen-bond acceptors (Lipinski definition) is 3. The number of anilines is 1. The summed E-state index contributed by atoms with van der Waals surface area (Å²) in [5, 5.41) is 1.44. The van der Waals surface area contributed by atoms with Crippen LogP contribution < -0.4 is 15.8 Å². The molecule has 0 fully saturated rings. The summed E-state index contributed by atoms with van der Waals surface area (Å²) in [6.45, 7) is -0.813. The molecule has 9 heteroatoms. The van der Waals surface area contributed by atoms with Crippen molar-refractivity contribution in [2.24, 2.45) is 0 Å². The number of halogens is 5. The van der Waals surface area contributed by atoms with Crippen molar-refractivity contribution in [3.05, 3.63) is 24.3 Å². The standard InChI is InChI=1S/C11H11F5N2O2/c12-10(13,11(14,15)16)9(19)18-5-6-20-8-4-2-1-3-7(8)17/h1-4H,5-6,17H2,(H,18,19). The van der Waals surface area contributed by atoms with Crippen LogP contribution in [0.3, 0.4) is 0 Å². The van der Waals surface area contributed by atoms with Crippen LogP contribution in [0.1, 0.15) is 0 Å². The summed E-state index contributed by atoms with van der Waals surface area (Å²) in [4.78, 5) is 10.7. The first kappa shape index (κ1) is 16.0. The Morgan fingerprint density at radius 1 is 1.20 bits per heavy atom. The van der Waals surface area contributed by atoms with Gasteiger partial charge < -0.3 is 15.8 Å². The van der Waals surface area contributed by atoms with E-state index in [0.29, 0.717) is 0 Å². The molecule has 0 unspecified atom stereocenters. The average molecular weight is 298 g/mol. The normalized spacial score (nSPS) is 12.1. The zero-order valence-corrected chi connectivity index (χ0v) is 10.0. The van der Waals surface area contributed by atoms with E-state index in [1.807, 2.05) is 0 Å². The first-order valence-electron chi connectivity index (χ1n) is 5.36. The minimum atomic E-state index is -5.93. The largest absolute Gasteiger partial charge is 0.490 e. The highest BCUT2D eigenvalue weighted by Crippen LogP contribution is 2.35. The number of hydrogen-bond donors (Lipinski definition) is 2. The van der Waals surface area contributed by atoms with E-state index in [9.17, 15) is 26.7 Å². The number of nitrogens with one attached hydrogen (secondary N) is 1. The minimum Gasteiger partial charge on any atom is -0.490 e. The molecule has 4 nitrogen and oxygen atoms in total. The Bertz CT molecular complexity index is 476. The lowest BCUT2D eigenvalue weighted by Gasteiger charge is -2.18. The Labute approximate surface area is 110 Å². The number of nitrogen functional groups attached to an aromatic ring is 1. The summed E-state index contributed by atoms with van der Waals surface area (Å²) in [7, 11) is 0. The molecule has 0 radical (unpaired) electrons. The number of carbonyl (C=O) groups excluding carboxylic acids is 1. The SMILES string of the molecule is Nc1ccccc1OCCNC(=O)C(F)(F)C(F)(F)F. The van der Waals surface area contributed by atoms with Gasteiger partial charge in [-0.25, -0.2) is 0 Å². The first-order valence-corrected chi connectivity index (χ1v) is 5.36. The molecule has 0 heterocycles. The molecule has 0 saturated carbocycles. The molecule has 20 heavy (non-hydrogen) atoms. The molecular weight excluding hydrogens is 287 g/mol. The summed E-state index contributed by atoms with van der Waals surface area (Å²) >= 11 is 0. The monoisotopic (exact) mass is 298 g/mol. The quantitative estimate of drug-likeness (QED) is 0.496. The molecule has 0 saturated heterocycles. The number of alkyl halides is 5. The number of benzene rings is 1. The first-order chi connectivity index (χ1) is 9.16. The molecule has 0 bridgehead atoms. The second kappa shape index (κ2) is 5.93. The fourth-order valence-electron chi connectivity index (χ4n) is 1.18. The molecule has 0 aromatic heterocycles. The Morgan fingerprint density at radius 3 is 2.35 bits per heavy atom. The van der Waals surface area contributed by atoms with Crippen molar-refractivity contribution in [1.29, 1.82) is 0 Å². The van der Waals surface area contributed by atoms with Crippen LogP contribution in [-0.4, -0.2) is 31.2 Å². The molecule has 112 valence electrons. The van der Waals surface area contributed by atoms with Crippen LogP contribution in [0, 0.1) is 0 Å². The third-order valence-electron chi connectivity index (χ3n) is 2.21. The second-order valence-corrected chi connectivity index (χ2v) is 3.71. The summed E-state index contributed by atoms with van der Waals surface area (Å²) in [6, 6.07) is 6.24. The van der Waals surface area contributed by atoms with Gasteiger partial charge in [0.25, 0.3) is 5.91 Å². The van der Waals surface area contributed by atoms with Gasteiger partial charge in [-0.15, -0.1) is 0 Å². The average Bonchev–Trinajstić information content (AvgIpc) is 2.34. The maximum atomic E-state index is 12.5. The highest BCUT2D eigenvalue weighted by Gasteiger charge is 2.63. The van der Waals surface area contributed by atoms with Crippen molar-refractivity contribution in [2.45, 2.75) is 12.1 Å². The van der Waals surface area contributed by atoms with E-state index >= 15 is 0 Å². The Morgan fingerprint density at radius 2 is 1.80 bits per heavy atom. The van der Waals surface area contributed by atoms with Crippen LogP contribution >= 0.6 is 0 Å². The van der Waals surface area contributed by atoms with E-state index in [-0.39, 0.29) is 18.0 Å². The second-order valence-electron chi connectivity index (χ2n) is 3.71. The van der Waals surface area contributed by atoms with Crippen LogP contribution in [0.5, 0.6) is 5.75 Å². The van der Waals surface area contributed by atoms with E-state index in [1.54, 1.807) is 12.1 Å². The van der Waals surface area contributed by atoms with Gasteiger partial charge in [0.1, 0.15) is 12.4 Å². The van der Waals surface area contributed by atoms with Gasteiger partial charge in [0.2, 0.25) is 0 Å². The van der Waals surface area contributed by atoms with Crippen molar-refractivity contribution in [2.75, 3.05) is 18.9 Å². The molecule has 0 aliphatic carbocycles. The summed E-state index contributed by atoms with van der Waals surface area (Å²) in [5.74, 6) is -7.61.